The standard InChI is InChI=1S/C17H23ClN2O/c1-4-12(5-2)11-20-16(14(18)6-3)19-15-10-8-7-9-13(15)17(20)21/h7-10,12,14H,4-6,11H2,1-3H3. The number of para-hydroxylation sites is 1. The lowest BCUT2D eigenvalue weighted by atomic mass is 10.0. The van der Waals surface area contributed by atoms with E-state index < -0.39 is 0 Å². The molecule has 0 aliphatic heterocycles. The Labute approximate surface area is 131 Å². The quantitative estimate of drug-likeness (QED) is 0.735. The molecule has 0 aliphatic carbocycles. The molecule has 2 aromatic rings. The van der Waals surface area contributed by atoms with Crippen molar-refractivity contribution in [2.75, 3.05) is 0 Å². The van der Waals surface area contributed by atoms with E-state index in [-0.39, 0.29) is 10.9 Å². The molecule has 0 radical (unpaired) electrons. The van der Waals surface area contributed by atoms with Crippen LogP contribution < -0.4 is 5.56 Å². The first-order chi connectivity index (χ1) is 10.1. The second-order valence-corrected chi connectivity index (χ2v) is 5.99. The summed E-state index contributed by atoms with van der Waals surface area (Å²) in [5.41, 5.74) is 0.763. The van der Waals surface area contributed by atoms with Crippen LogP contribution in [0.2, 0.25) is 0 Å². The summed E-state index contributed by atoms with van der Waals surface area (Å²) in [7, 11) is 0. The third-order valence-corrected chi connectivity index (χ3v) is 4.63. The van der Waals surface area contributed by atoms with Crippen LogP contribution in [0.1, 0.15) is 51.2 Å². The molecule has 0 amide bonds. The highest BCUT2D eigenvalue weighted by molar-refractivity contribution is 6.20. The van der Waals surface area contributed by atoms with Crippen molar-refractivity contribution in [3.63, 3.8) is 0 Å². The molecule has 0 aliphatic rings. The van der Waals surface area contributed by atoms with Crippen LogP contribution in [-0.2, 0) is 6.54 Å². The molecule has 2 rings (SSSR count). The van der Waals surface area contributed by atoms with Crippen LogP contribution in [0.4, 0.5) is 0 Å². The lowest BCUT2D eigenvalue weighted by Crippen LogP contribution is -2.29. The number of halogens is 1. The fraction of sp³-hybridized carbons (Fsp3) is 0.529. The number of nitrogens with zero attached hydrogens (tertiary/aromatic N) is 2. The van der Waals surface area contributed by atoms with Crippen LogP contribution in [0.15, 0.2) is 29.1 Å². The lowest BCUT2D eigenvalue weighted by molar-refractivity contribution is 0.400. The molecule has 114 valence electrons. The normalized spacial score (nSPS) is 13.0. The highest BCUT2D eigenvalue weighted by Crippen LogP contribution is 2.24. The van der Waals surface area contributed by atoms with Crippen LogP contribution >= 0.6 is 11.6 Å². The van der Waals surface area contributed by atoms with E-state index in [1.807, 2.05) is 31.2 Å². The topological polar surface area (TPSA) is 34.9 Å². The van der Waals surface area contributed by atoms with Gasteiger partial charge in [0.05, 0.1) is 16.3 Å². The van der Waals surface area contributed by atoms with Crippen LogP contribution in [0.25, 0.3) is 10.9 Å². The molecule has 1 aromatic heterocycles. The Morgan fingerprint density at radius 1 is 1.14 bits per heavy atom. The van der Waals surface area contributed by atoms with Crippen LogP contribution in [0, 0.1) is 5.92 Å². The first kappa shape index (κ1) is 16.0. The molecule has 0 saturated carbocycles. The van der Waals surface area contributed by atoms with E-state index >= 15 is 0 Å². The average Bonchev–Trinajstić information content (AvgIpc) is 2.53. The number of alkyl halides is 1. The van der Waals surface area contributed by atoms with Gasteiger partial charge in [0.25, 0.3) is 5.56 Å². The summed E-state index contributed by atoms with van der Waals surface area (Å²) in [6, 6.07) is 7.50. The second kappa shape index (κ2) is 7.08. The minimum absolute atomic E-state index is 0.0293. The van der Waals surface area contributed by atoms with Gasteiger partial charge in [0.2, 0.25) is 0 Å². The van der Waals surface area contributed by atoms with Crippen molar-refractivity contribution in [2.45, 2.75) is 52.0 Å². The summed E-state index contributed by atoms with van der Waals surface area (Å²) in [4.78, 5) is 17.5. The van der Waals surface area contributed by atoms with Crippen molar-refractivity contribution in [2.24, 2.45) is 5.92 Å². The van der Waals surface area contributed by atoms with Crippen LogP contribution in [0.5, 0.6) is 0 Å². The van der Waals surface area contributed by atoms with Gasteiger partial charge in [-0.3, -0.25) is 9.36 Å². The van der Waals surface area contributed by atoms with E-state index in [0.29, 0.717) is 23.7 Å². The maximum absolute atomic E-state index is 12.8. The van der Waals surface area contributed by atoms with Gasteiger partial charge in [0, 0.05) is 6.54 Å². The highest BCUT2D eigenvalue weighted by atomic mass is 35.5. The van der Waals surface area contributed by atoms with Crippen LogP contribution in [0.3, 0.4) is 0 Å². The molecule has 1 unspecified atom stereocenters. The zero-order valence-electron chi connectivity index (χ0n) is 13.0. The molecular formula is C17H23ClN2O. The van der Waals surface area contributed by atoms with E-state index in [9.17, 15) is 4.79 Å². The molecule has 21 heavy (non-hydrogen) atoms. The summed E-state index contributed by atoms with van der Waals surface area (Å²) in [5.74, 6) is 1.18. The monoisotopic (exact) mass is 306 g/mol. The SMILES string of the molecule is CCC(CC)Cn1c(C(Cl)CC)nc2ccccc2c1=O. The maximum atomic E-state index is 12.8. The van der Waals surface area contributed by atoms with Gasteiger partial charge in [-0.15, -0.1) is 11.6 Å². The average molecular weight is 307 g/mol. The third kappa shape index (κ3) is 3.29. The number of benzene rings is 1. The minimum Gasteiger partial charge on any atom is -0.295 e. The van der Waals surface area contributed by atoms with E-state index in [1.165, 1.54) is 0 Å². The Balaban J connectivity index is 2.63. The molecule has 0 spiro atoms. The zero-order chi connectivity index (χ0) is 15.4. The van der Waals surface area contributed by atoms with Gasteiger partial charge >= 0.3 is 0 Å². The van der Waals surface area contributed by atoms with Crippen molar-refractivity contribution in [3.05, 3.63) is 40.4 Å². The van der Waals surface area contributed by atoms with Gasteiger partial charge in [-0.25, -0.2) is 4.98 Å². The van der Waals surface area contributed by atoms with E-state index in [4.69, 9.17) is 11.6 Å². The zero-order valence-corrected chi connectivity index (χ0v) is 13.7. The molecule has 0 N–H and O–H groups in total. The number of aromatic nitrogens is 2. The highest BCUT2D eigenvalue weighted by Gasteiger charge is 2.18. The Kier molecular flexibility index (Phi) is 5.40. The van der Waals surface area contributed by atoms with E-state index in [1.54, 1.807) is 4.57 Å². The number of rotatable bonds is 6. The summed E-state index contributed by atoms with van der Waals surface area (Å²) >= 11 is 6.42. The largest absolute Gasteiger partial charge is 0.295 e. The summed E-state index contributed by atoms with van der Waals surface area (Å²) in [6.07, 6.45) is 2.86. The molecule has 0 saturated heterocycles. The van der Waals surface area contributed by atoms with Gasteiger partial charge in [-0.1, -0.05) is 45.7 Å². The second-order valence-electron chi connectivity index (χ2n) is 5.46. The van der Waals surface area contributed by atoms with E-state index in [2.05, 4.69) is 18.8 Å². The number of hydrogen-bond acceptors (Lipinski definition) is 2. The Hall–Kier alpha value is -1.35. The summed E-state index contributed by atoms with van der Waals surface area (Å²) in [5, 5.41) is 0.448. The maximum Gasteiger partial charge on any atom is 0.261 e. The molecule has 3 nitrogen and oxygen atoms in total. The van der Waals surface area contributed by atoms with Gasteiger partial charge in [0.1, 0.15) is 5.82 Å². The summed E-state index contributed by atoms with van der Waals surface area (Å²) < 4.78 is 1.79. The third-order valence-electron chi connectivity index (χ3n) is 4.13. The first-order valence-corrected chi connectivity index (χ1v) is 8.19. The molecule has 1 atom stereocenters. The summed E-state index contributed by atoms with van der Waals surface area (Å²) in [6.45, 7) is 7.03. The van der Waals surface area contributed by atoms with Crippen LogP contribution in [-0.4, -0.2) is 9.55 Å². The molecule has 1 aromatic carbocycles. The Bertz CT molecular complexity index is 661. The van der Waals surface area contributed by atoms with Gasteiger partial charge in [-0.2, -0.15) is 0 Å². The van der Waals surface area contributed by atoms with Crippen molar-refractivity contribution in [1.29, 1.82) is 0 Å². The molecule has 4 heteroatoms. The van der Waals surface area contributed by atoms with Crippen molar-refractivity contribution in [1.82, 2.24) is 9.55 Å². The minimum atomic E-state index is -0.225. The van der Waals surface area contributed by atoms with Gasteiger partial charge in [0.15, 0.2) is 0 Å². The Morgan fingerprint density at radius 2 is 1.81 bits per heavy atom. The molecule has 0 fully saturated rings. The smallest absolute Gasteiger partial charge is 0.261 e. The number of hydrogen-bond donors (Lipinski definition) is 0. The van der Waals surface area contributed by atoms with Crippen molar-refractivity contribution in [3.8, 4) is 0 Å². The van der Waals surface area contributed by atoms with Gasteiger partial charge < -0.3 is 0 Å². The van der Waals surface area contributed by atoms with E-state index in [0.717, 1.165) is 24.8 Å². The predicted molar refractivity (Wildman–Crippen MR) is 89.0 cm³/mol. The first-order valence-electron chi connectivity index (χ1n) is 7.75. The molecular weight excluding hydrogens is 284 g/mol. The van der Waals surface area contributed by atoms with Crippen molar-refractivity contribution < 1.29 is 0 Å². The van der Waals surface area contributed by atoms with Crippen molar-refractivity contribution >= 4 is 22.5 Å². The lowest BCUT2D eigenvalue weighted by Gasteiger charge is -2.20. The molecule has 0 bridgehead atoms. The Morgan fingerprint density at radius 3 is 2.43 bits per heavy atom. The van der Waals surface area contributed by atoms with Gasteiger partial charge in [-0.05, 0) is 24.5 Å². The fourth-order valence-corrected chi connectivity index (χ4v) is 2.76. The number of fused-ring (bicyclic) bond motifs is 1. The molecule has 1 heterocycles. The fourth-order valence-electron chi connectivity index (χ4n) is 2.59. The predicted octanol–water partition coefficient (Wildman–Crippen LogP) is 4.52.